The van der Waals surface area contributed by atoms with Crippen molar-refractivity contribution < 1.29 is 9.66 Å². The molecule has 0 unspecified atom stereocenters. The standard InChI is InChI=1S/C10H13N3O3/c11-9-5-7(13(14)15)1-2-10(9)12-6-8-3-4-16-8/h1-2,5,8,12H,3-4,6,11H2/t8-/m0/s1. The van der Waals surface area contributed by atoms with Gasteiger partial charge in [-0.15, -0.1) is 0 Å². The van der Waals surface area contributed by atoms with E-state index < -0.39 is 4.92 Å². The van der Waals surface area contributed by atoms with Gasteiger partial charge in [0.15, 0.2) is 0 Å². The van der Waals surface area contributed by atoms with Crippen molar-refractivity contribution in [2.24, 2.45) is 0 Å². The Morgan fingerprint density at radius 2 is 2.38 bits per heavy atom. The number of nitrogen functional groups attached to an aromatic ring is 1. The second-order valence-corrected chi connectivity index (χ2v) is 3.69. The predicted molar refractivity (Wildman–Crippen MR) is 60.4 cm³/mol. The zero-order valence-electron chi connectivity index (χ0n) is 8.68. The zero-order valence-corrected chi connectivity index (χ0v) is 8.68. The van der Waals surface area contributed by atoms with Crippen LogP contribution < -0.4 is 11.1 Å². The Kier molecular flexibility index (Phi) is 2.91. The van der Waals surface area contributed by atoms with Gasteiger partial charge in [0.05, 0.1) is 22.4 Å². The van der Waals surface area contributed by atoms with Gasteiger partial charge >= 0.3 is 0 Å². The Bertz CT molecular complexity index is 404. The van der Waals surface area contributed by atoms with Crippen molar-refractivity contribution in [1.29, 1.82) is 0 Å². The Hall–Kier alpha value is -1.82. The summed E-state index contributed by atoms with van der Waals surface area (Å²) in [6.07, 6.45) is 1.27. The maximum absolute atomic E-state index is 10.5. The molecule has 0 aliphatic carbocycles. The summed E-state index contributed by atoms with van der Waals surface area (Å²) in [6.45, 7) is 1.49. The van der Waals surface area contributed by atoms with Crippen LogP contribution in [0.5, 0.6) is 0 Å². The van der Waals surface area contributed by atoms with Crippen LogP contribution in [-0.2, 0) is 4.74 Å². The lowest BCUT2D eigenvalue weighted by atomic mass is 10.2. The molecule has 0 saturated carbocycles. The topological polar surface area (TPSA) is 90.4 Å². The molecule has 0 aromatic heterocycles. The van der Waals surface area contributed by atoms with Crippen LogP contribution in [-0.4, -0.2) is 24.2 Å². The van der Waals surface area contributed by atoms with Crippen LogP contribution in [0, 0.1) is 10.1 Å². The SMILES string of the molecule is Nc1cc([N+](=O)[O-])ccc1NC[C@@H]1CCO1. The van der Waals surface area contributed by atoms with Gasteiger partial charge in [0.25, 0.3) is 5.69 Å². The van der Waals surface area contributed by atoms with Crippen molar-refractivity contribution in [3.63, 3.8) is 0 Å². The average Bonchev–Trinajstić information content (AvgIpc) is 2.17. The number of nitrogens with zero attached hydrogens (tertiary/aromatic N) is 1. The van der Waals surface area contributed by atoms with Crippen LogP contribution >= 0.6 is 0 Å². The molecule has 1 aliphatic rings. The van der Waals surface area contributed by atoms with E-state index in [4.69, 9.17) is 10.5 Å². The molecular formula is C10H13N3O3. The second kappa shape index (κ2) is 4.36. The quantitative estimate of drug-likeness (QED) is 0.457. The number of ether oxygens (including phenoxy) is 1. The number of nitrogens with one attached hydrogen (secondary N) is 1. The van der Waals surface area contributed by atoms with Crippen LogP contribution in [0.25, 0.3) is 0 Å². The molecule has 1 aromatic carbocycles. The van der Waals surface area contributed by atoms with Gasteiger partial charge in [-0.2, -0.15) is 0 Å². The summed E-state index contributed by atoms with van der Waals surface area (Å²) in [4.78, 5) is 10.0. The van der Waals surface area contributed by atoms with Crippen molar-refractivity contribution >= 4 is 17.1 Å². The summed E-state index contributed by atoms with van der Waals surface area (Å²) in [5.74, 6) is 0. The van der Waals surface area contributed by atoms with E-state index >= 15 is 0 Å². The van der Waals surface area contributed by atoms with E-state index in [-0.39, 0.29) is 11.8 Å². The second-order valence-electron chi connectivity index (χ2n) is 3.69. The molecular weight excluding hydrogens is 210 g/mol. The highest BCUT2D eigenvalue weighted by Gasteiger charge is 2.18. The number of nitro groups is 1. The van der Waals surface area contributed by atoms with Crippen LogP contribution in [0.1, 0.15) is 6.42 Å². The summed E-state index contributed by atoms with van der Waals surface area (Å²) in [6, 6.07) is 4.40. The van der Waals surface area contributed by atoms with Crippen LogP contribution in [0.4, 0.5) is 17.1 Å². The molecule has 86 valence electrons. The lowest BCUT2D eigenvalue weighted by Crippen LogP contribution is -2.33. The molecule has 1 saturated heterocycles. The van der Waals surface area contributed by atoms with Crippen molar-refractivity contribution in [3.8, 4) is 0 Å². The monoisotopic (exact) mass is 223 g/mol. The van der Waals surface area contributed by atoms with E-state index in [0.29, 0.717) is 17.9 Å². The van der Waals surface area contributed by atoms with E-state index in [0.717, 1.165) is 13.0 Å². The summed E-state index contributed by atoms with van der Waals surface area (Å²) in [5, 5.41) is 13.6. The van der Waals surface area contributed by atoms with Gasteiger partial charge in [-0.25, -0.2) is 0 Å². The molecule has 0 radical (unpaired) electrons. The van der Waals surface area contributed by atoms with Crippen LogP contribution in [0.3, 0.4) is 0 Å². The highest BCUT2D eigenvalue weighted by atomic mass is 16.6. The number of anilines is 2. The van der Waals surface area contributed by atoms with Crippen molar-refractivity contribution in [3.05, 3.63) is 28.3 Å². The van der Waals surface area contributed by atoms with Gasteiger partial charge in [-0.05, 0) is 12.5 Å². The third-order valence-corrected chi connectivity index (χ3v) is 2.56. The fraction of sp³-hybridized carbons (Fsp3) is 0.400. The Morgan fingerprint density at radius 3 is 2.88 bits per heavy atom. The molecule has 0 spiro atoms. The number of rotatable bonds is 4. The van der Waals surface area contributed by atoms with Crippen molar-refractivity contribution in [1.82, 2.24) is 0 Å². The Labute approximate surface area is 92.5 Å². The first-order valence-electron chi connectivity index (χ1n) is 5.06. The molecule has 16 heavy (non-hydrogen) atoms. The van der Waals surface area contributed by atoms with Crippen LogP contribution in [0.15, 0.2) is 18.2 Å². The third kappa shape index (κ3) is 2.22. The number of hydrogen-bond donors (Lipinski definition) is 2. The summed E-state index contributed by atoms with van der Waals surface area (Å²) >= 11 is 0. The maximum atomic E-state index is 10.5. The van der Waals surface area contributed by atoms with Gasteiger partial charge in [0.1, 0.15) is 0 Å². The van der Waals surface area contributed by atoms with E-state index in [2.05, 4.69) is 5.32 Å². The Morgan fingerprint density at radius 1 is 1.62 bits per heavy atom. The smallest absolute Gasteiger partial charge is 0.271 e. The maximum Gasteiger partial charge on any atom is 0.271 e. The number of nitro benzene ring substituents is 1. The normalized spacial score (nSPS) is 18.9. The van der Waals surface area contributed by atoms with E-state index in [1.54, 1.807) is 6.07 Å². The number of non-ortho nitro benzene ring substituents is 1. The molecule has 0 bridgehead atoms. The molecule has 1 aromatic rings. The van der Waals surface area contributed by atoms with Crippen molar-refractivity contribution in [2.75, 3.05) is 24.2 Å². The first-order valence-corrected chi connectivity index (χ1v) is 5.06. The molecule has 1 fully saturated rings. The molecule has 1 aliphatic heterocycles. The molecule has 6 nitrogen and oxygen atoms in total. The van der Waals surface area contributed by atoms with E-state index in [1.807, 2.05) is 0 Å². The lowest BCUT2D eigenvalue weighted by molar-refractivity contribution is -0.384. The fourth-order valence-corrected chi connectivity index (χ4v) is 1.49. The third-order valence-electron chi connectivity index (χ3n) is 2.56. The van der Waals surface area contributed by atoms with E-state index in [1.165, 1.54) is 12.1 Å². The minimum Gasteiger partial charge on any atom is -0.397 e. The summed E-state index contributed by atoms with van der Waals surface area (Å²) in [7, 11) is 0. The molecule has 0 amide bonds. The van der Waals surface area contributed by atoms with Gasteiger partial charge in [-0.3, -0.25) is 10.1 Å². The first-order chi connectivity index (χ1) is 7.66. The minimum absolute atomic E-state index is 0.00273. The average molecular weight is 223 g/mol. The minimum atomic E-state index is -0.463. The fourth-order valence-electron chi connectivity index (χ4n) is 1.49. The molecule has 2 rings (SSSR count). The Balaban J connectivity index is 2.00. The number of hydrogen-bond acceptors (Lipinski definition) is 5. The number of benzene rings is 1. The molecule has 3 N–H and O–H groups in total. The number of nitrogens with two attached hydrogens (primary N) is 1. The van der Waals surface area contributed by atoms with Gasteiger partial charge < -0.3 is 15.8 Å². The van der Waals surface area contributed by atoms with Crippen LogP contribution in [0.2, 0.25) is 0 Å². The first kappa shape index (κ1) is 10.7. The molecule has 1 atom stereocenters. The van der Waals surface area contributed by atoms with Gasteiger partial charge in [0.2, 0.25) is 0 Å². The van der Waals surface area contributed by atoms with Gasteiger partial charge in [-0.1, -0.05) is 0 Å². The summed E-state index contributed by atoms with van der Waals surface area (Å²) < 4.78 is 5.24. The van der Waals surface area contributed by atoms with Crippen molar-refractivity contribution in [2.45, 2.75) is 12.5 Å². The highest BCUT2D eigenvalue weighted by Crippen LogP contribution is 2.24. The molecule has 1 heterocycles. The highest BCUT2D eigenvalue weighted by molar-refractivity contribution is 5.69. The predicted octanol–water partition coefficient (Wildman–Crippen LogP) is 1.38. The lowest BCUT2D eigenvalue weighted by Gasteiger charge is -2.27. The largest absolute Gasteiger partial charge is 0.397 e. The van der Waals surface area contributed by atoms with E-state index in [9.17, 15) is 10.1 Å². The van der Waals surface area contributed by atoms with Gasteiger partial charge in [0, 0.05) is 25.3 Å². The molecule has 6 heteroatoms. The summed E-state index contributed by atoms with van der Waals surface area (Å²) in [5.41, 5.74) is 6.79. The zero-order chi connectivity index (χ0) is 11.5.